The number of aryl methyl sites for hydroxylation is 1. The first-order valence-electron chi connectivity index (χ1n) is 7.97. The van der Waals surface area contributed by atoms with Gasteiger partial charge in [-0.1, -0.05) is 0 Å². The number of carbonyl (C=O) groups excluding carboxylic acids is 1. The molecule has 0 aliphatic carbocycles. The minimum Gasteiger partial charge on any atom is -0.445 e. The maximum absolute atomic E-state index is 12.2. The molecule has 2 aliphatic rings. The Labute approximate surface area is 130 Å². The van der Waals surface area contributed by atoms with Crippen LogP contribution in [-0.4, -0.2) is 66.2 Å². The molecule has 0 saturated carbocycles. The number of likely N-dealkylation sites (tertiary alicyclic amines) is 1. The Morgan fingerprint density at radius 1 is 1.32 bits per heavy atom. The smallest absolute Gasteiger partial charge is 0.317 e. The van der Waals surface area contributed by atoms with Crippen LogP contribution in [0.2, 0.25) is 0 Å². The predicted octanol–water partition coefficient (Wildman–Crippen LogP) is 0.989. The summed E-state index contributed by atoms with van der Waals surface area (Å²) in [5.41, 5.74) is 0. The summed E-state index contributed by atoms with van der Waals surface area (Å²) < 4.78 is 10.8. The molecule has 0 atom stereocenters. The van der Waals surface area contributed by atoms with Crippen molar-refractivity contribution in [1.29, 1.82) is 0 Å². The lowest BCUT2D eigenvalue weighted by Crippen LogP contribution is -2.51. The van der Waals surface area contributed by atoms with E-state index in [1.54, 1.807) is 6.20 Å². The molecule has 122 valence electrons. The molecule has 0 spiro atoms. The third-order valence-corrected chi connectivity index (χ3v) is 4.26. The Morgan fingerprint density at radius 2 is 2.05 bits per heavy atom. The molecule has 7 heteroatoms. The highest BCUT2D eigenvalue weighted by Gasteiger charge is 2.24. The van der Waals surface area contributed by atoms with Gasteiger partial charge in [-0.25, -0.2) is 9.78 Å². The summed E-state index contributed by atoms with van der Waals surface area (Å²) in [6.45, 7) is 7.25. The van der Waals surface area contributed by atoms with Crippen molar-refractivity contribution in [2.45, 2.75) is 32.4 Å². The van der Waals surface area contributed by atoms with Crippen LogP contribution in [0, 0.1) is 6.92 Å². The van der Waals surface area contributed by atoms with Crippen molar-refractivity contribution in [3.8, 4) is 0 Å². The number of morpholine rings is 1. The van der Waals surface area contributed by atoms with Crippen molar-refractivity contribution in [1.82, 2.24) is 20.1 Å². The number of rotatable bonds is 3. The van der Waals surface area contributed by atoms with Crippen LogP contribution in [0.25, 0.3) is 0 Å². The number of oxazole rings is 1. The van der Waals surface area contributed by atoms with E-state index in [0.29, 0.717) is 32.2 Å². The molecule has 0 unspecified atom stereocenters. The molecule has 0 bridgehead atoms. The van der Waals surface area contributed by atoms with E-state index in [1.807, 2.05) is 11.8 Å². The number of nitrogens with zero attached hydrogens (tertiary/aromatic N) is 3. The van der Waals surface area contributed by atoms with E-state index in [2.05, 4.69) is 15.2 Å². The predicted molar refractivity (Wildman–Crippen MR) is 80.5 cm³/mol. The number of piperidine rings is 1. The molecule has 22 heavy (non-hydrogen) atoms. The van der Waals surface area contributed by atoms with Crippen molar-refractivity contribution in [3.05, 3.63) is 17.8 Å². The van der Waals surface area contributed by atoms with Crippen LogP contribution >= 0.6 is 0 Å². The molecule has 1 aromatic rings. The standard InChI is InChI=1S/C15H24N4O3/c1-12-16-10-14(22-12)11-18-4-2-13(3-5-18)17-15(20)19-6-8-21-9-7-19/h10,13H,2-9,11H2,1H3,(H,17,20). The third-order valence-electron chi connectivity index (χ3n) is 4.26. The third kappa shape index (κ3) is 3.98. The van der Waals surface area contributed by atoms with Crippen LogP contribution in [0.4, 0.5) is 4.79 Å². The molecular formula is C15H24N4O3. The lowest BCUT2D eigenvalue weighted by atomic mass is 10.1. The number of hydrogen-bond acceptors (Lipinski definition) is 5. The number of carbonyl (C=O) groups is 1. The van der Waals surface area contributed by atoms with Crippen molar-refractivity contribution in [2.24, 2.45) is 0 Å². The number of amides is 2. The summed E-state index contributed by atoms with van der Waals surface area (Å²) >= 11 is 0. The molecule has 2 amide bonds. The van der Waals surface area contributed by atoms with Gasteiger partial charge in [0, 0.05) is 39.1 Å². The highest BCUT2D eigenvalue weighted by molar-refractivity contribution is 5.74. The number of nitrogens with one attached hydrogen (secondary N) is 1. The van der Waals surface area contributed by atoms with Gasteiger partial charge in [-0.3, -0.25) is 4.90 Å². The minimum absolute atomic E-state index is 0.0487. The molecule has 2 fully saturated rings. The van der Waals surface area contributed by atoms with Crippen LogP contribution in [0.5, 0.6) is 0 Å². The van der Waals surface area contributed by atoms with Gasteiger partial charge >= 0.3 is 6.03 Å². The van der Waals surface area contributed by atoms with Crippen LogP contribution in [0.1, 0.15) is 24.5 Å². The van der Waals surface area contributed by atoms with Crippen LogP contribution in [0.15, 0.2) is 10.6 Å². The van der Waals surface area contributed by atoms with Gasteiger partial charge in [-0.15, -0.1) is 0 Å². The van der Waals surface area contributed by atoms with E-state index in [4.69, 9.17) is 9.15 Å². The second kappa shape index (κ2) is 7.11. The summed E-state index contributed by atoms with van der Waals surface area (Å²) in [7, 11) is 0. The van der Waals surface area contributed by atoms with Gasteiger partial charge in [0.15, 0.2) is 5.89 Å². The van der Waals surface area contributed by atoms with Crippen molar-refractivity contribution in [3.63, 3.8) is 0 Å². The summed E-state index contributed by atoms with van der Waals surface area (Å²) in [5.74, 6) is 1.62. The fourth-order valence-corrected chi connectivity index (χ4v) is 2.97. The quantitative estimate of drug-likeness (QED) is 0.901. The van der Waals surface area contributed by atoms with E-state index in [1.165, 1.54) is 0 Å². The maximum atomic E-state index is 12.2. The number of ether oxygens (including phenoxy) is 1. The Morgan fingerprint density at radius 3 is 2.68 bits per heavy atom. The average molecular weight is 308 g/mol. The minimum atomic E-state index is 0.0487. The van der Waals surface area contributed by atoms with Crippen LogP contribution in [-0.2, 0) is 11.3 Å². The monoisotopic (exact) mass is 308 g/mol. The van der Waals surface area contributed by atoms with Gasteiger partial charge in [0.1, 0.15) is 5.76 Å². The fraction of sp³-hybridized carbons (Fsp3) is 0.733. The lowest BCUT2D eigenvalue weighted by molar-refractivity contribution is 0.0515. The molecule has 1 N–H and O–H groups in total. The van der Waals surface area contributed by atoms with E-state index < -0.39 is 0 Å². The highest BCUT2D eigenvalue weighted by atomic mass is 16.5. The Hall–Kier alpha value is -1.60. The van der Waals surface area contributed by atoms with Gasteiger partial charge in [-0.05, 0) is 12.8 Å². The van der Waals surface area contributed by atoms with Gasteiger partial charge in [-0.2, -0.15) is 0 Å². The van der Waals surface area contributed by atoms with Gasteiger partial charge in [0.25, 0.3) is 0 Å². The van der Waals surface area contributed by atoms with E-state index in [-0.39, 0.29) is 12.1 Å². The molecular weight excluding hydrogens is 284 g/mol. The van der Waals surface area contributed by atoms with E-state index >= 15 is 0 Å². The van der Waals surface area contributed by atoms with E-state index in [9.17, 15) is 4.79 Å². The van der Waals surface area contributed by atoms with Crippen molar-refractivity contribution < 1.29 is 13.9 Å². The summed E-state index contributed by atoms with van der Waals surface area (Å²) in [6.07, 6.45) is 3.74. The largest absolute Gasteiger partial charge is 0.445 e. The number of hydrogen-bond donors (Lipinski definition) is 1. The summed E-state index contributed by atoms with van der Waals surface area (Å²) in [4.78, 5) is 20.5. The lowest BCUT2D eigenvalue weighted by Gasteiger charge is -2.34. The fourth-order valence-electron chi connectivity index (χ4n) is 2.97. The zero-order chi connectivity index (χ0) is 15.4. The SMILES string of the molecule is Cc1ncc(CN2CCC(NC(=O)N3CCOCC3)CC2)o1. The molecule has 0 aromatic carbocycles. The summed E-state index contributed by atoms with van der Waals surface area (Å²) in [6, 6.07) is 0.315. The first-order valence-corrected chi connectivity index (χ1v) is 7.97. The van der Waals surface area contributed by atoms with Crippen LogP contribution < -0.4 is 5.32 Å². The zero-order valence-corrected chi connectivity index (χ0v) is 13.1. The summed E-state index contributed by atoms with van der Waals surface area (Å²) in [5, 5.41) is 3.15. The first kappa shape index (κ1) is 15.3. The molecule has 7 nitrogen and oxygen atoms in total. The Kier molecular flexibility index (Phi) is 4.94. The molecule has 2 saturated heterocycles. The zero-order valence-electron chi connectivity index (χ0n) is 13.1. The van der Waals surface area contributed by atoms with Gasteiger partial charge < -0.3 is 19.4 Å². The highest BCUT2D eigenvalue weighted by Crippen LogP contribution is 2.15. The topological polar surface area (TPSA) is 70.8 Å². The molecule has 0 radical (unpaired) electrons. The maximum Gasteiger partial charge on any atom is 0.317 e. The molecule has 3 heterocycles. The second-order valence-electron chi connectivity index (χ2n) is 5.94. The van der Waals surface area contributed by atoms with Crippen molar-refractivity contribution in [2.75, 3.05) is 39.4 Å². The second-order valence-corrected chi connectivity index (χ2v) is 5.94. The molecule has 1 aromatic heterocycles. The van der Waals surface area contributed by atoms with E-state index in [0.717, 1.165) is 38.2 Å². The van der Waals surface area contributed by atoms with Gasteiger partial charge in [0.05, 0.1) is 26.0 Å². The number of urea groups is 1. The Bertz CT molecular complexity index is 491. The average Bonchev–Trinajstić information content (AvgIpc) is 2.95. The molecule has 3 rings (SSSR count). The van der Waals surface area contributed by atoms with Crippen LogP contribution in [0.3, 0.4) is 0 Å². The normalized spacial score (nSPS) is 21.0. The number of aromatic nitrogens is 1. The molecule has 2 aliphatic heterocycles. The first-order chi connectivity index (χ1) is 10.7. The Balaban J connectivity index is 1.40. The van der Waals surface area contributed by atoms with Gasteiger partial charge in [0.2, 0.25) is 0 Å². The van der Waals surface area contributed by atoms with Crippen molar-refractivity contribution >= 4 is 6.03 Å².